The van der Waals surface area contributed by atoms with Crippen molar-refractivity contribution in [2.45, 2.75) is 213 Å². The van der Waals surface area contributed by atoms with Crippen LogP contribution in [0.15, 0.2) is 0 Å². The topological polar surface area (TPSA) is 111 Å². The first-order chi connectivity index (χ1) is 25.0. The second kappa shape index (κ2) is 35.7. The van der Waals surface area contributed by atoms with E-state index in [0.717, 1.165) is 32.1 Å². The Morgan fingerprint density at radius 2 is 0.865 bits per heavy atom. The number of quaternary nitrogens is 1. The summed E-state index contributed by atoms with van der Waals surface area (Å²) in [5, 5.41) is 0. The van der Waals surface area contributed by atoms with Crippen molar-refractivity contribution in [3.05, 3.63) is 0 Å². The van der Waals surface area contributed by atoms with Crippen LogP contribution in [-0.4, -0.2) is 70.0 Å². The van der Waals surface area contributed by atoms with Gasteiger partial charge in [-0.3, -0.25) is 14.2 Å². The van der Waals surface area contributed by atoms with Crippen LogP contribution in [0.5, 0.6) is 0 Å². The molecule has 310 valence electrons. The number of phosphoric ester groups is 1. The summed E-state index contributed by atoms with van der Waals surface area (Å²) in [6.07, 6.45) is 34.0. The molecular weight excluding hydrogens is 677 g/mol. The fraction of sp³-hybridized carbons (Fsp3) is 0.952. The highest BCUT2D eigenvalue weighted by Gasteiger charge is 2.21. The Hall–Kier alpha value is -0.990. The van der Waals surface area contributed by atoms with E-state index in [1.54, 1.807) is 0 Å². The number of phosphoric acid groups is 1. The van der Waals surface area contributed by atoms with Gasteiger partial charge in [0, 0.05) is 12.8 Å². The van der Waals surface area contributed by atoms with Gasteiger partial charge in [0.1, 0.15) is 19.8 Å². The molecule has 0 saturated carbocycles. The summed E-state index contributed by atoms with van der Waals surface area (Å²) in [6, 6.07) is 0. The van der Waals surface area contributed by atoms with Crippen molar-refractivity contribution in [2.24, 2.45) is 0 Å². The fourth-order valence-electron chi connectivity index (χ4n) is 6.18. The number of esters is 2. The van der Waals surface area contributed by atoms with Gasteiger partial charge in [0.05, 0.1) is 27.7 Å². The van der Waals surface area contributed by atoms with Crippen LogP contribution >= 0.6 is 7.82 Å². The Labute approximate surface area is 321 Å². The molecule has 0 amide bonds. The first-order valence-electron chi connectivity index (χ1n) is 21.7. The van der Waals surface area contributed by atoms with Gasteiger partial charge in [-0.2, -0.15) is 0 Å². The van der Waals surface area contributed by atoms with Crippen molar-refractivity contribution in [1.82, 2.24) is 0 Å². The molecule has 52 heavy (non-hydrogen) atoms. The number of carbonyl (C=O) groups excluding carboxylic acids is 2. The van der Waals surface area contributed by atoms with Crippen LogP contribution < -0.4 is 4.89 Å². The minimum absolute atomic E-state index is 0.0258. The van der Waals surface area contributed by atoms with Gasteiger partial charge in [-0.25, -0.2) is 0 Å². The lowest BCUT2D eigenvalue weighted by Gasteiger charge is -2.28. The molecule has 0 fully saturated rings. The molecule has 0 aliphatic rings. The maximum Gasteiger partial charge on any atom is 0.306 e. The number of hydrogen-bond donors (Lipinski definition) is 0. The third kappa shape index (κ3) is 38.7. The molecular formula is C42H84NO8P. The highest BCUT2D eigenvalue weighted by Crippen LogP contribution is 2.38. The van der Waals surface area contributed by atoms with E-state index >= 15 is 0 Å². The van der Waals surface area contributed by atoms with Crippen LogP contribution in [0.3, 0.4) is 0 Å². The van der Waals surface area contributed by atoms with Crippen LogP contribution in [0.1, 0.15) is 206 Å². The van der Waals surface area contributed by atoms with E-state index in [9.17, 15) is 19.0 Å². The number of likely N-dealkylation sites (N-methyl/N-ethyl adjacent to an activating group) is 1. The molecule has 0 rings (SSSR count). The highest BCUT2D eigenvalue weighted by atomic mass is 31.2. The first kappa shape index (κ1) is 51.0. The molecule has 0 saturated heterocycles. The number of rotatable bonds is 40. The molecule has 0 radical (unpaired) electrons. The van der Waals surface area contributed by atoms with E-state index in [-0.39, 0.29) is 32.0 Å². The fourth-order valence-corrected chi connectivity index (χ4v) is 6.91. The van der Waals surface area contributed by atoms with Crippen molar-refractivity contribution >= 4 is 19.8 Å². The lowest BCUT2D eigenvalue weighted by atomic mass is 10.0. The SMILES string of the molecule is CCCCCCCCCCCCCCCCCC(=O)OC(COC(=O)CCCCCCCCCCCCCCC)COP(=O)([O-])OCC[N+](C)(C)C. The summed E-state index contributed by atoms with van der Waals surface area (Å²) in [5.41, 5.74) is 0. The average Bonchev–Trinajstić information content (AvgIpc) is 3.09. The quantitative estimate of drug-likeness (QED) is 0.0263. The average molecular weight is 762 g/mol. The monoisotopic (exact) mass is 762 g/mol. The maximum absolute atomic E-state index is 12.6. The maximum atomic E-state index is 12.6. The van der Waals surface area contributed by atoms with Gasteiger partial charge in [-0.15, -0.1) is 0 Å². The summed E-state index contributed by atoms with van der Waals surface area (Å²) >= 11 is 0. The van der Waals surface area contributed by atoms with Crippen LogP contribution in [0.2, 0.25) is 0 Å². The van der Waals surface area contributed by atoms with Gasteiger partial charge in [-0.1, -0.05) is 181 Å². The summed E-state index contributed by atoms with van der Waals surface area (Å²) in [6.45, 7) is 4.25. The third-order valence-corrected chi connectivity index (χ3v) is 10.6. The van der Waals surface area contributed by atoms with E-state index in [0.29, 0.717) is 17.4 Å². The number of hydrogen-bond acceptors (Lipinski definition) is 8. The van der Waals surface area contributed by atoms with E-state index in [2.05, 4.69) is 13.8 Å². The Bertz CT molecular complexity index is 865. The second-order valence-corrected chi connectivity index (χ2v) is 17.5. The summed E-state index contributed by atoms with van der Waals surface area (Å²) in [5.74, 6) is -0.821. The molecule has 0 aliphatic carbocycles. The van der Waals surface area contributed by atoms with Crippen molar-refractivity contribution in [3.63, 3.8) is 0 Å². The summed E-state index contributed by atoms with van der Waals surface area (Å²) < 4.78 is 33.9. The zero-order chi connectivity index (χ0) is 38.6. The zero-order valence-corrected chi connectivity index (χ0v) is 35.7. The van der Waals surface area contributed by atoms with Crippen LogP contribution in [0.25, 0.3) is 0 Å². The summed E-state index contributed by atoms with van der Waals surface area (Å²) in [4.78, 5) is 37.5. The molecule has 0 aromatic carbocycles. The van der Waals surface area contributed by atoms with Gasteiger partial charge in [0.2, 0.25) is 0 Å². The molecule has 10 heteroatoms. The zero-order valence-electron chi connectivity index (χ0n) is 34.8. The van der Waals surface area contributed by atoms with Gasteiger partial charge in [0.25, 0.3) is 7.82 Å². The lowest BCUT2D eigenvalue weighted by molar-refractivity contribution is -0.870. The first-order valence-corrected chi connectivity index (χ1v) is 23.2. The van der Waals surface area contributed by atoms with Crippen LogP contribution in [0, 0.1) is 0 Å². The van der Waals surface area contributed by atoms with Crippen LogP contribution in [0.4, 0.5) is 0 Å². The Morgan fingerprint density at radius 3 is 1.23 bits per heavy atom. The van der Waals surface area contributed by atoms with E-state index in [4.69, 9.17) is 18.5 Å². The predicted molar refractivity (Wildman–Crippen MR) is 213 cm³/mol. The summed E-state index contributed by atoms with van der Waals surface area (Å²) in [7, 11) is 1.18. The highest BCUT2D eigenvalue weighted by molar-refractivity contribution is 7.45. The van der Waals surface area contributed by atoms with E-state index in [1.165, 1.54) is 141 Å². The van der Waals surface area contributed by atoms with Crippen molar-refractivity contribution < 1.29 is 42.1 Å². The molecule has 2 atom stereocenters. The normalized spacial score (nSPS) is 13.6. The van der Waals surface area contributed by atoms with Crippen LogP contribution in [-0.2, 0) is 32.7 Å². The number of unbranched alkanes of at least 4 members (excludes halogenated alkanes) is 26. The van der Waals surface area contributed by atoms with E-state index < -0.39 is 26.5 Å². The molecule has 0 aromatic rings. The predicted octanol–water partition coefficient (Wildman–Crippen LogP) is 11.4. The Kier molecular flexibility index (Phi) is 35.0. The van der Waals surface area contributed by atoms with E-state index in [1.807, 2.05) is 21.1 Å². The number of nitrogens with zero attached hydrogens (tertiary/aromatic N) is 1. The molecule has 0 aromatic heterocycles. The third-order valence-electron chi connectivity index (χ3n) is 9.63. The van der Waals surface area contributed by atoms with Gasteiger partial charge in [0.15, 0.2) is 6.10 Å². The van der Waals surface area contributed by atoms with Crippen molar-refractivity contribution in [3.8, 4) is 0 Å². The lowest BCUT2D eigenvalue weighted by Crippen LogP contribution is -2.37. The smallest absolute Gasteiger partial charge is 0.306 e. The Balaban J connectivity index is 4.33. The largest absolute Gasteiger partial charge is 0.756 e. The van der Waals surface area contributed by atoms with Crippen molar-refractivity contribution in [2.75, 3.05) is 47.5 Å². The number of carbonyl (C=O) groups is 2. The molecule has 9 nitrogen and oxygen atoms in total. The van der Waals surface area contributed by atoms with Gasteiger partial charge < -0.3 is 27.9 Å². The van der Waals surface area contributed by atoms with Gasteiger partial charge >= 0.3 is 11.9 Å². The molecule has 0 heterocycles. The number of ether oxygens (including phenoxy) is 2. The minimum atomic E-state index is -4.61. The Morgan fingerprint density at radius 1 is 0.519 bits per heavy atom. The molecule has 2 unspecified atom stereocenters. The molecule has 0 N–H and O–H groups in total. The van der Waals surface area contributed by atoms with Crippen molar-refractivity contribution in [1.29, 1.82) is 0 Å². The molecule has 0 spiro atoms. The molecule has 0 bridgehead atoms. The standard InChI is InChI=1S/C42H84NO8P/c1-6-8-10-12-14-16-18-20-21-23-25-27-29-31-33-35-42(45)51-40(39-50-52(46,47)49-37-36-43(3,4)5)38-48-41(44)34-32-30-28-26-24-22-19-17-15-13-11-9-7-2/h40H,6-39H2,1-5H3. The molecule has 0 aliphatic heterocycles. The second-order valence-electron chi connectivity index (χ2n) is 16.1. The van der Waals surface area contributed by atoms with Gasteiger partial charge in [-0.05, 0) is 12.8 Å². The minimum Gasteiger partial charge on any atom is -0.756 e.